The highest BCUT2D eigenvalue weighted by molar-refractivity contribution is 5.94. The van der Waals surface area contributed by atoms with Crippen molar-refractivity contribution in [3.8, 4) is 0 Å². The van der Waals surface area contributed by atoms with Gasteiger partial charge in [-0.2, -0.15) is 4.98 Å². The quantitative estimate of drug-likeness (QED) is 0.629. The lowest BCUT2D eigenvalue weighted by Gasteiger charge is -2.30. The van der Waals surface area contributed by atoms with Crippen molar-refractivity contribution in [3.05, 3.63) is 83.5 Å². The van der Waals surface area contributed by atoms with Crippen LogP contribution in [0, 0.1) is 0 Å². The van der Waals surface area contributed by atoms with Gasteiger partial charge in [0.25, 0.3) is 5.91 Å². The topological polar surface area (TPSA) is 83.3 Å². The van der Waals surface area contributed by atoms with E-state index in [0.29, 0.717) is 23.7 Å². The highest BCUT2D eigenvalue weighted by Crippen LogP contribution is 2.22. The van der Waals surface area contributed by atoms with Gasteiger partial charge in [-0.3, -0.25) is 9.69 Å². The van der Waals surface area contributed by atoms with Gasteiger partial charge in [0.15, 0.2) is 5.82 Å². The minimum atomic E-state index is -0.264. The van der Waals surface area contributed by atoms with Crippen LogP contribution in [-0.2, 0) is 6.42 Å². The summed E-state index contributed by atoms with van der Waals surface area (Å²) >= 11 is 0. The maximum Gasteiger partial charge on any atom is 0.251 e. The average Bonchev–Trinajstić information content (AvgIpc) is 3.23. The highest BCUT2D eigenvalue weighted by atomic mass is 35.5. The first-order chi connectivity index (χ1) is 14.2. The summed E-state index contributed by atoms with van der Waals surface area (Å²) in [6, 6.07) is 18.9. The van der Waals surface area contributed by atoms with E-state index in [2.05, 4.69) is 32.7 Å². The van der Waals surface area contributed by atoms with Crippen molar-refractivity contribution in [2.75, 3.05) is 26.7 Å². The molecule has 0 radical (unpaired) electrons. The van der Waals surface area contributed by atoms with E-state index in [1.165, 1.54) is 0 Å². The first-order valence-electron chi connectivity index (χ1n) is 9.85. The second-order valence-electron chi connectivity index (χ2n) is 7.25. The van der Waals surface area contributed by atoms with Gasteiger partial charge in [0.1, 0.15) is 0 Å². The minimum absolute atomic E-state index is 0. The number of nitrogens with one attached hydrogen (secondary N) is 2. The molecule has 2 N–H and O–H groups in total. The minimum Gasteiger partial charge on any atom is -0.345 e. The van der Waals surface area contributed by atoms with Crippen molar-refractivity contribution in [1.29, 1.82) is 0 Å². The first-order valence-corrected chi connectivity index (χ1v) is 9.85. The standard InChI is InChI=1S/C22H25N5O2.ClH/c1-27-13-12-23-15-19(27)21-25-20(29-26-21)14-18(16-8-4-2-5-9-16)24-22(28)17-10-6-3-7-11-17;/h2-11,18-19,23H,12-15H2,1H3,(H,24,28);1H. The van der Waals surface area contributed by atoms with Crippen molar-refractivity contribution in [2.24, 2.45) is 0 Å². The summed E-state index contributed by atoms with van der Waals surface area (Å²) in [6.45, 7) is 2.69. The van der Waals surface area contributed by atoms with Crippen LogP contribution in [0.2, 0.25) is 0 Å². The van der Waals surface area contributed by atoms with Crippen LogP contribution >= 0.6 is 12.4 Å². The van der Waals surface area contributed by atoms with Gasteiger partial charge in [-0.05, 0) is 24.7 Å². The number of likely N-dealkylation sites (N-methyl/N-ethyl adjacent to an activating group) is 1. The van der Waals surface area contributed by atoms with Gasteiger partial charge >= 0.3 is 0 Å². The zero-order chi connectivity index (χ0) is 20.1. The molecule has 4 rings (SSSR count). The van der Waals surface area contributed by atoms with Gasteiger partial charge in [-0.15, -0.1) is 12.4 Å². The molecule has 0 aliphatic carbocycles. The maximum absolute atomic E-state index is 12.7. The Morgan fingerprint density at radius 1 is 1.20 bits per heavy atom. The fourth-order valence-electron chi connectivity index (χ4n) is 3.52. The Balaban J connectivity index is 0.00000256. The molecule has 158 valence electrons. The third-order valence-corrected chi connectivity index (χ3v) is 5.21. The summed E-state index contributed by atoms with van der Waals surface area (Å²) in [7, 11) is 2.06. The summed E-state index contributed by atoms with van der Waals surface area (Å²) in [6.07, 6.45) is 0.430. The number of piperazine rings is 1. The molecule has 8 heteroatoms. The molecule has 7 nitrogen and oxygen atoms in total. The third kappa shape index (κ3) is 5.24. The highest BCUT2D eigenvalue weighted by Gasteiger charge is 2.26. The van der Waals surface area contributed by atoms with Crippen LogP contribution in [-0.4, -0.2) is 47.6 Å². The molecular formula is C22H26ClN5O2. The number of aromatic nitrogens is 2. The van der Waals surface area contributed by atoms with Crippen molar-refractivity contribution < 1.29 is 9.32 Å². The van der Waals surface area contributed by atoms with E-state index >= 15 is 0 Å². The fraction of sp³-hybridized carbons (Fsp3) is 0.318. The predicted octanol–water partition coefficient (Wildman–Crippen LogP) is 2.78. The molecule has 1 fully saturated rings. The number of nitrogens with zero attached hydrogens (tertiary/aromatic N) is 3. The van der Waals surface area contributed by atoms with Gasteiger partial charge in [0.2, 0.25) is 5.89 Å². The Morgan fingerprint density at radius 3 is 2.60 bits per heavy atom. The van der Waals surface area contributed by atoms with E-state index in [1.807, 2.05) is 48.5 Å². The molecule has 2 unspecified atom stereocenters. The Labute approximate surface area is 182 Å². The van der Waals surface area contributed by atoms with Crippen molar-refractivity contribution in [2.45, 2.75) is 18.5 Å². The zero-order valence-corrected chi connectivity index (χ0v) is 17.6. The number of halogens is 1. The van der Waals surface area contributed by atoms with Crippen LogP contribution in [0.1, 0.15) is 39.7 Å². The number of rotatable bonds is 6. The molecule has 2 heterocycles. The molecule has 0 saturated carbocycles. The van der Waals surface area contributed by atoms with Crippen molar-refractivity contribution in [3.63, 3.8) is 0 Å². The fourth-order valence-corrected chi connectivity index (χ4v) is 3.52. The van der Waals surface area contributed by atoms with E-state index in [4.69, 9.17) is 4.52 Å². The summed E-state index contributed by atoms with van der Waals surface area (Å²) < 4.78 is 5.54. The van der Waals surface area contributed by atoms with Gasteiger partial charge in [0.05, 0.1) is 18.5 Å². The van der Waals surface area contributed by atoms with Crippen LogP contribution in [0.3, 0.4) is 0 Å². The maximum atomic E-state index is 12.7. The number of carbonyl (C=O) groups excluding carboxylic acids is 1. The molecule has 2 aromatic carbocycles. The SMILES string of the molecule is CN1CCNCC1c1noc(CC(NC(=O)c2ccccc2)c2ccccc2)n1.Cl. The number of hydrogen-bond donors (Lipinski definition) is 2. The Bertz CT molecular complexity index is 935. The van der Waals surface area contributed by atoms with Crippen LogP contribution in [0.5, 0.6) is 0 Å². The second-order valence-corrected chi connectivity index (χ2v) is 7.25. The van der Waals surface area contributed by atoms with Crippen molar-refractivity contribution >= 4 is 18.3 Å². The van der Waals surface area contributed by atoms with E-state index in [9.17, 15) is 4.79 Å². The van der Waals surface area contributed by atoms with Gasteiger partial charge < -0.3 is 15.2 Å². The normalized spacial score (nSPS) is 17.7. The first kappa shape index (κ1) is 22.0. The molecule has 0 bridgehead atoms. The Morgan fingerprint density at radius 2 is 1.90 bits per heavy atom. The van der Waals surface area contributed by atoms with Crippen LogP contribution < -0.4 is 10.6 Å². The summed E-state index contributed by atoms with van der Waals surface area (Å²) in [4.78, 5) is 19.6. The summed E-state index contributed by atoms with van der Waals surface area (Å²) in [5.41, 5.74) is 1.61. The third-order valence-electron chi connectivity index (χ3n) is 5.21. The van der Waals surface area contributed by atoms with E-state index in [0.717, 1.165) is 25.2 Å². The van der Waals surface area contributed by atoms with E-state index in [-0.39, 0.29) is 30.4 Å². The number of carbonyl (C=O) groups is 1. The van der Waals surface area contributed by atoms with Gasteiger partial charge in [-0.1, -0.05) is 53.7 Å². The van der Waals surface area contributed by atoms with Crippen molar-refractivity contribution in [1.82, 2.24) is 25.7 Å². The molecule has 1 aliphatic heterocycles. The lowest BCUT2D eigenvalue weighted by molar-refractivity contribution is 0.0935. The van der Waals surface area contributed by atoms with E-state index in [1.54, 1.807) is 12.1 Å². The van der Waals surface area contributed by atoms with Crippen LogP contribution in [0.25, 0.3) is 0 Å². The largest absolute Gasteiger partial charge is 0.345 e. The summed E-state index contributed by atoms with van der Waals surface area (Å²) in [5, 5.41) is 10.7. The second kappa shape index (κ2) is 10.3. The molecule has 1 aromatic heterocycles. The summed E-state index contributed by atoms with van der Waals surface area (Å²) in [5.74, 6) is 1.06. The molecule has 30 heavy (non-hydrogen) atoms. The molecular weight excluding hydrogens is 402 g/mol. The monoisotopic (exact) mass is 427 g/mol. The Hall–Kier alpha value is -2.74. The van der Waals surface area contributed by atoms with Gasteiger partial charge in [-0.25, -0.2) is 0 Å². The average molecular weight is 428 g/mol. The number of hydrogen-bond acceptors (Lipinski definition) is 6. The molecule has 0 spiro atoms. The zero-order valence-electron chi connectivity index (χ0n) is 16.8. The molecule has 1 aliphatic rings. The van der Waals surface area contributed by atoms with Crippen LogP contribution in [0.4, 0.5) is 0 Å². The molecule has 1 saturated heterocycles. The smallest absolute Gasteiger partial charge is 0.251 e. The van der Waals surface area contributed by atoms with E-state index < -0.39 is 0 Å². The van der Waals surface area contributed by atoms with Crippen LogP contribution in [0.15, 0.2) is 65.2 Å². The number of benzene rings is 2. The van der Waals surface area contributed by atoms with Gasteiger partial charge in [0, 0.05) is 25.2 Å². The molecule has 2 atom stereocenters. The number of amides is 1. The Kier molecular flexibility index (Phi) is 7.57. The predicted molar refractivity (Wildman–Crippen MR) is 117 cm³/mol. The molecule has 3 aromatic rings. The lowest BCUT2D eigenvalue weighted by Crippen LogP contribution is -2.44. The lowest BCUT2D eigenvalue weighted by atomic mass is 10.0. The molecule has 1 amide bonds.